The molecule has 0 bridgehead atoms. The van der Waals surface area contributed by atoms with Crippen molar-refractivity contribution in [3.8, 4) is 0 Å². The minimum Gasteiger partial charge on any atom is -0.207 e. The van der Waals surface area contributed by atoms with E-state index >= 15 is 35.1 Å². The van der Waals surface area contributed by atoms with E-state index in [4.69, 9.17) is 0 Å². The Balaban J connectivity index is 0.000000395. The first-order chi connectivity index (χ1) is 27.5. The zero-order valence-corrected chi connectivity index (χ0v) is 31.4. The number of rotatable bonds is 6. The Bertz CT molecular complexity index is 2290. The molecule has 0 saturated carbocycles. The van der Waals surface area contributed by atoms with E-state index in [1.54, 1.807) is 11.3 Å². The van der Waals surface area contributed by atoms with Crippen molar-refractivity contribution in [3.05, 3.63) is 166 Å². The molecule has 0 aliphatic rings. The van der Waals surface area contributed by atoms with Crippen molar-refractivity contribution in [2.45, 2.75) is 6.54 Å². The van der Waals surface area contributed by atoms with Crippen molar-refractivity contribution in [2.75, 3.05) is 0 Å². The summed E-state index contributed by atoms with van der Waals surface area (Å²) >= 11 is 8.70. The fourth-order valence-corrected chi connectivity index (χ4v) is 7.82. The molecule has 0 N–H and O–H groups in total. The average molecular weight is 1010 g/mol. The molecule has 6 aromatic rings. The number of hydrogen-bond acceptors (Lipinski definition) is 1. The largest absolute Gasteiger partial charge is 0.273 e. The van der Waals surface area contributed by atoms with Crippen LogP contribution in [0.25, 0.3) is 0 Å². The lowest BCUT2D eigenvalue weighted by Crippen LogP contribution is -2.81. The van der Waals surface area contributed by atoms with Gasteiger partial charge in [0, 0.05) is 21.5 Å². The fraction of sp³-hybridized carbons (Fsp3) is 0.0294. The maximum Gasteiger partial charge on any atom is 0.273 e. The van der Waals surface area contributed by atoms with Gasteiger partial charge in [-0.3, -0.25) is 0 Å². The summed E-state index contributed by atoms with van der Waals surface area (Å²) in [5.74, 6) is -71.4. The van der Waals surface area contributed by atoms with E-state index in [1.807, 2.05) is 6.07 Å². The fourth-order valence-electron chi connectivity index (χ4n) is 6.08. The topological polar surface area (TPSA) is 3.88 Å². The number of aromatic nitrogens is 1. The monoisotopic (exact) mass is 1010 g/mol. The van der Waals surface area contributed by atoms with E-state index < -0.39 is 144 Å². The third-order valence-corrected chi connectivity index (χ3v) is 11.9. The summed E-state index contributed by atoms with van der Waals surface area (Å²) in [6.45, 7) is 0.906. The molecule has 59 heavy (non-hydrogen) atoms. The van der Waals surface area contributed by atoms with Crippen LogP contribution in [0, 0.1) is 116 Å². The third-order valence-electron chi connectivity index (χ3n) is 8.60. The Morgan fingerprint density at radius 2 is 0.610 bits per heavy atom. The van der Waals surface area contributed by atoms with Crippen LogP contribution in [0.5, 0.6) is 0 Å². The molecule has 1 nitrogen and oxygen atoms in total. The van der Waals surface area contributed by atoms with Gasteiger partial charge < -0.3 is 0 Å². The summed E-state index contributed by atoms with van der Waals surface area (Å²) in [6.07, 6.45) is -7.22. The molecule has 1 heterocycles. The lowest BCUT2D eigenvalue weighted by atomic mass is 9.12. The van der Waals surface area contributed by atoms with E-state index in [0.29, 0.717) is 0 Å². The summed E-state index contributed by atoms with van der Waals surface area (Å²) < 4.78 is 298. The molecule has 1 aromatic heterocycles. The summed E-state index contributed by atoms with van der Waals surface area (Å²) in [7, 11) is 0. The van der Waals surface area contributed by atoms with Crippen LogP contribution in [0.4, 0.5) is 87.8 Å². The molecule has 6 rings (SSSR count). The first kappa shape index (κ1) is 45.4. The number of benzene rings is 5. The van der Waals surface area contributed by atoms with Crippen LogP contribution >= 0.6 is 43.2 Å². The van der Waals surface area contributed by atoms with Crippen molar-refractivity contribution < 1.29 is 92.4 Å². The van der Waals surface area contributed by atoms with Gasteiger partial charge in [-0.05, 0) is 15.9 Å². The van der Waals surface area contributed by atoms with Crippen LogP contribution in [0.15, 0.2) is 44.2 Å². The summed E-state index contributed by atoms with van der Waals surface area (Å²) in [4.78, 5) is 0. The van der Waals surface area contributed by atoms with Gasteiger partial charge in [-0.25, -0.2) is 87.8 Å². The van der Waals surface area contributed by atoms with Crippen molar-refractivity contribution in [3.63, 3.8) is 0 Å². The molecule has 0 aliphatic heterocycles. The molecule has 0 radical (unpaired) electrons. The molecular formula is C34H8BBr2F20NS. The van der Waals surface area contributed by atoms with Crippen LogP contribution in [-0.4, -0.2) is 6.15 Å². The minimum atomic E-state index is -7.22. The highest BCUT2D eigenvalue weighted by Crippen LogP contribution is 2.31. The second kappa shape index (κ2) is 16.8. The Hall–Kier alpha value is -4.65. The molecule has 0 atom stereocenters. The molecule has 0 aliphatic carbocycles. The predicted molar refractivity (Wildman–Crippen MR) is 175 cm³/mol. The molecule has 0 saturated heterocycles. The quantitative estimate of drug-likeness (QED) is 0.0516. The van der Waals surface area contributed by atoms with Crippen molar-refractivity contribution >= 4 is 71.2 Å². The van der Waals surface area contributed by atoms with E-state index in [2.05, 4.69) is 66.2 Å². The lowest BCUT2D eigenvalue weighted by Gasteiger charge is -2.44. The SMILES string of the molecule is Brc1sc[n+](Cc2ccccc2)c1Br.Fc1c(F)c(F)c([B-](c2c(F)c(F)c(F)c(F)c2F)(c2c(F)c(F)c(F)c(F)c2F)c2c(F)c(F)c(F)c(F)c2F)c(F)c1F. The zero-order chi connectivity index (χ0) is 44.3. The van der Waals surface area contributed by atoms with Gasteiger partial charge in [0.2, 0.25) is 5.51 Å². The van der Waals surface area contributed by atoms with Crippen LogP contribution in [-0.2, 0) is 6.54 Å². The number of thiazole rings is 1. The van der Waals surface area contributed by atoms with Crippen LogP contribution in [0.2, 0.25) is 0 Å². The van der Waals surface area contributed by atoms with Gasteiger partial charge in [-0.15, -0.1) is 21.9 Å². The van der Waals surface area contributed by atoms with E-state index in [9.17, 15) is 52.7 Å². The molecule has 0 fully saturated rings. The third kappa shape index (κ3) is 7.14. The van der Waals surface area contributed by atoms with Crippen molar-refractivity contribution in [1.29, 1.82) is 0 Å². The van der Waals surface area contributed by atoms with Gasteiger partial charge in [0.1, 0.15) is 52.7 Å². The summed E-state index contributed by atoms with van der Waals surface area (Å²) in [5, 5.41) is 0. The second-order valence-electron chi connectivity index (χ2n) is 11.7. The predicted octanol–water partition coefficient (Wildman–Crippen LogP) is 9.45. The van der Waals surface area contributed by atoms with Crippen molar-refractivity contribution in [2.24, 2.45) is 0 Å². The first-order valence-electron chi connectivity index (χ1n) is 15.1. The van der Waals surface area contributed by atoms with Gasteiger partial charge in [0.05, 0.1) is 0 Å². The standard InChI is InChI=1S/C24BF20.C10H8Br2NS/c26-5-1(6(27)14(35)21(42)13(5)34)25(2-7(28)15(36)22(43)16(37)8(2)29,3-9(30)17(38)23(44)18(39)10(3)31)4-11(32)19(40)24(45)20(41)12(4)33;11-9-10(12)14-7-13(9)6-8-4-2-1-3-5-8/h;1-5,7H,6H2/q-1;+1. The Kier molecular flexibility index (Phi) is 12.9. The van der Waals surface area contributed by atoms with Gasteiger partial charge >= 0.3 is 0 Å². The molecule has 0 unspecified atom stereocenters. The van der Waals surface area contributed by atoms with Gasteiger partial charge in [-0.2, -0.15) is 4.57 Å². The zero-order valence-electron chi connectivity index (χ0n) is 27.4. The summed E-state index contributed by atoms with van der Waals surface area (Å²) in [6, 6.07) is 10.4. The number of halogens is 22. The lowest BCUT2D eigenvalue weighted by molar-refractivity contribution is -0.694. The Morgan fingerprint density at radius 1 is 0.373 bits per heavy atom. The van der Waals surface area contributed by atoms with E-state index in [-0.39, 0.29) is 0 Å². The van der Waals surface area contributed by atoms with E-state index in [1.165, 1.54) is 5.56 Å². The van der Waals surface area contributed by atoms with Crippen LogP contribution < -0.4 is 26.4 Å². The number of nitrogens with zero attached hydrogens (tertiary/aromatic N) is 1. The maximum atomic E-state index is 15.4. The average Bonchev–Trinajstić information content (AvgIpc) is 3.53. The molecule has 0 spiro atoms. The summed E-state index contributed by atoms with van der Waals surface area (Å²) in [5.41, 5.74) is -10.9. The van der Waals surface area contributed by atoms with Crippen molar-refractivity contribution in [1.82, 2.24) is 0 Å². The van der Waals surface area contributed by atoms with Crippen LogP contribution in [0.1, 0.15) is 5.56 Å². The molecule has 5 aromatic carbocycles. The second-order valence-corrected chi connectivity index (χ2v) is 14.6. The smallest absolute Gasteiger partial charge is 0.207 e. The van der Waals surface area contributed by atoms with Gasteiger partial charge in [-0.1, -0.05) is 41.7 Å². The normalized spacial score (nSPS) is 11.6. The maximum absolute atomic E-state index is 15.4. The molecular weight excluding hydrogens is 1010 g/mol. The van der Waals surface area contributed by atoms with Crippen LogP contribution in [0.3, 0.4) is 0 Å². The minimum absolute atomic E-state index is 0.906. The van der Waals surface area contributed by atoms with Gasteiger partial charge in [0.25, 0.3) is 4.60 Å². The number of hydrogen-bond donors (Lipinski definition) is 0. The Labute approximate surface area is 335 Å². The molecule has 312 valence electrons. The van der Waals surface area contributed by atoms with Gasteiger partial charge in [0.15, 0.2) is 80.1 Å². The highest BCUT2D eigenvalue weighted by molar-refractivity contribution is 9.13. The first-order valence-corrected chi connectivity index (χ1v) is 17.5. The molecule has 0 amide bonds. The Morgan fingerprint density at radius 3 is 0.831 bits per heavy atom. The highest BCUT2D eigenvalue weighted by Gasteiger charge is 2.52. The highest BCUT2D eigenvalue weighted by atomic mass is 79.9. The van der Waals surface area contributed by atoms with E-state index in [0.717, 1.165) is 14.9 Å². The molecule has 25 heteroatoms.